The second-order valence-electron chi connectivity index (χ2n) is 5.30. The molecule has 1 amide bonds. The van der Waals surface area contributed by atoms with Crippen LogP contribution in [0.2, 0.25) is 0 Å². The first kappa shape index (κ1) is 15.2. The van der Waals surface area contributed by atoms with Crippen LogP contribution in [0.15, 0.2) is 34.7 Å². The zero-order valence-corrected chi connectivity index (χ0v) is 12.8. The van der Waals surface area contributed by atoms with Gasteiger partial charge in [-0.2, -0.15) is 0 Å². The van der Waals surface area contributed by atoms with E-state index in [0.717, 1.165) is 23.4 Å². The van der Waals surface area contributed by atoms with Crippen molar-refractivity contribution in [3.63, 3.8) is 0 Å². The molecule has 1 aromatic carbocycles. The average molecular weight is 286 g/mol. The summed E-state index contributed by atoms with van der Waals surface area (Å²) in [4.78, 5) is 14.5. The molecule has 4 nitrogen and oxygen atoms in total. The highest BCUT2D eigenvalue weighted by Gasteiger charge is 2.20. The van der Waals surface area contributed by atoms with Crippen LogP contribution in [-0.2, 0) is 6.54 Å². The van der Waals surface area contributed by atoms with Crippen LogP contribution in [0, 0.1) is 13.8 Å². The van der Waals surface area contributed by atoms with Gasteiger partial charge in [0.25, 0.3) is 5.91 Å². The Kier molecular flexibility index (Phi) is 4.68. The standard InChI is InChI=1S/C17H22N2O2/c1-4-9-19(11-14-5-7-15(18)8-6-14)17(20)16-10-12(2)21-13(16)3/h5-8,10H,4,9,11,18H2,1-3H3. The summed E-state index contributed by atoms with van der Waals surface area (Å²) in [5.41, 5.74) is 8.15. The SMILES string of the molecule is CCCN(Cc1ccc(N)cc1)C(=O)c1cc(C)oc1C. The van der Waals surface area contributed by atoms with Crippen molar-refractivity contribution in [3.8, 4) is 0 Å². The van der Waals surface area contributed by atoms with Gasteiger partial charge in [0.2, 0.25) is 0 Å². The summed E-state index contributed by atoms with van der Waals surface area (Å²) < 4.78 is 5.47. The van der Waals surface area contributed by atoms with Crippen LogP contribution in [-0.4, -0.2) is 17.4 Å². The van der Waals surface area contributed by atoms with E-state index in [-0.39, 0.29) is 5.91 Å². The Morgan fingerprint density at radius 3 is 2.43 bits per heavy atom. The van der Waals surface area contributed by atoms with Crippen LogP contribution in [0.5, 0.6) is 0 Å². The molecule has 0 spiro atoms. The first-order valence-electron chi connectivity index (χ1n) is 7.22. The molecule has 0 radical (unpaired) electrons. The van der Waals surface area contributed by atoms with Crippen molar-refractivity contribution in [1.82, 2.24) is 4.90 Å². The molecule has 0 unspecified atom stereocenters. The third-order valence-electron chi connectivity index (χ3n) is 3.41. The molecule has 0 atom stereocenters. The Hall–Kier alpha value is -2.23. The van der Waals surface area contributed by atoms with E-state index in [2.05, 4.69) is 6.92 Å². The topological polar surface area (TPSA) is 59.5 Å². The number of aryl methyl sites for hydroxylation is 2. The summed E-state index contributed by atoms with van der Waals surface area (Å²) in [5, 5.41) is 0. The fraction of sp³-hybridized carbons (Fsp3) is 0.353. The van der Waals surface area contributed by atoms with Crippen molar-refractivity contribution in [1.29, 1.82) is 0 Å². The summed E-state index contributed by atoms with van der Waals surface area (Å²) in [6.45, 7) is 7.04. The van der Waals surface area contributed by atoms with Crippen molar-refractivity contribution in [2.45, 2.75) is 33.7 Å². The van der Waals surface area contributed by atoms with Crippen LogP contribution in [0.4, 0.5) is 5.69 Å². The van der Waals surface area contributed by atoms with Gasteiger partial charge in [-0.1, -0.05) is 19.1 Å². The first-order chi connectivity index (χ1) is 10.0. The number of rotatable bonds is 5. The molecule has 21 heavy (non-hydrogen) atoms. The van der Waals surface area contributed by atoms with Gasteiger partial charge in [-0.05, 0) is 44.0 Å². The second-order valence-corrected chi connectivity index (χ2v) is 5.30. The number of carbonyl (C=O) groups excluding carboxylic acids is 1. The highest BCUT2D eigenvalue weighted by atomic mass is 16.3. The molecule has 0 aliphatic rings. The molecule has 0 aliphatic heterocycles. The molecular weight excluding hydrogens is 264 g/mol. The summed E-state index contributed by atoms with van der Waals surface area (Å²) in [6, 6.07) is 9.44. The zero-order valence-electron chi connectivity index (χ0n) is 12.8. The largest absolute Gasteiger partial charge is 0.466 e. The molecule has 112 valence electrons. The maximum Gasteiger partial charge on any atom is 0.257 e. The van der Waals surface area contributed by atoms with Gasteiger partial charge in [-0.3, -0.25) is 4.79 Å². The third-order valence-corrected chi connectivity index (χ3v) is 3.41. The van der Waals surface area contributed by atoms with E-state index in [4.69, 9.17) is 10.2 Å². The van der Waals surface area contributed by atoms with E-state index in [9.17, 15) is 4.79 Å². The lowest BCUT2D eigenvalue weighted by atomic mass is 10.1. The fourth-order valence-corrected chi connectivity index (χ4v) is 2.38. The van der Waals surface area contributed by atoms with Crippen molar-refractivity contribution >= 4 is 11.6 Å². The molecule has 0 saturated carbocycles. The maximum atomic E-state index is 12.7. The molecule has 2 N–H and O–H groups in total. The van der Waals surface area contributed by atoms with Crippen molar-refractivity contribution < 1.29 is 9.21 Å². The number of carbonyl (C=O) groups is 1. The van der Waals surface area contributed by atoms with Gasteiger partial charge in [0.05, 0.1) is 5.56 Å². The second kappa shape index (κ2) is 6.48. The lowest BCUT2D eigenvalue weighted by Crippen LogP contribution is -2.31. The van der Waals surface area contributed by atoms with Gasteiger partial charge >= 0.3 is 0 Å². The minimum Gasteiger partial charge on any atom is -0.466 e. The minimum atomic E-state index is 0.0167. The molecule has 0 fully saturated rings. The van der Waals surface area contributed by atoms with Gasteiger partial charge in [-0.25, -0.2) is 0 Å². The summed E-state index contributed by atoms with van der Waals surface area (Å²) >= 11 is 0. The molecule has 1 aromatic heterocycles. The number of hydrogen-bond acceptors (Lipinski definition) is 3. The Bertz CT molecular complexity index is 614. The highest BCUT2D eigenvalue weighted by molar-refractivity contribution is 5.95. The van der Waals surface area contributed by atoms with Crippen LogP contribution >= 0.6 is 0 Å². The summed E-state index contributed by atoms with van der Waals surface area (Å²) in [7, 11) is 0. The Morgan fingerprint density at radius 1 is 1.24 bits per heavy atom. The number of benzene rings is 1. The average Bonchev–Trinajstić information content (AvgIpc) is 2.79. The lowest BCUT2D eigenvalue weighted by Gasteiger charge is -2.22. The number of anilines is 1. The Labute approximate surface area is 125 Å². The molecular formula is C17H22N2O2. The van der Waals surface area contributed by atoms with Gasteiger partial charge in [0, 0.05) is 18.8 Å². The smallest absolute Gasteiger partial charge is 0.257 e. The van der Waals surface area contributed by atoms with E-state index < -0.39 is 0 Å². The normalized spacial score (nSPS) is 10.6. The molecule has 2 rings (SSSR count). The minimum absolute atomic E-state index is 0.0167. The number of nitrogens with two attached hydrogens (primary N) is 1. The zero-order chi connectivity index (χ0) is 15.4. The van der Waals surface area contributed by atoms with Crippen molar-refractivity contribution in [2.75, 3.05) is 12.3 Å². The van der Waals surface area contributed by atoms with Crippen molar-refractivity contribution in [3.05, 3.63) is 53.0 Å². The van der Waals surface area contributed by atoms with Crippen LogP contribution in [0.1, 0.15) is 40.8 Å². The van der Waals surface area contributed by atoms with E-state index in [1.54, 1.807) is 0 Å². The quantitative estimate of drug-likeness (QED) is 0.855. The van der Waals surface area contributed by atoms with Crippen LogP contribution < -0.4 is 5.73 Å². The molecule has 0 bridgehead atoms. The van der Waals surface area contributed by atoms with Crippen LogP contribution in [0.25, 0.3) is 0 Å². The van der Waals surface area contributed by atoms with E-state index in [1.807, 2.05) is 49.1 Å². The molecule has 4 heteroatoms. The number of amides is 1. The van der Waals surface area contributed by atoms with E-state index >= 15 is 0 Å². The van der Waals surface area contributed by atoms with E-state index in [1.165, 1.54) is 0 Å². The van der Waals surface area contributed by atoms with Gasteiger partial charge in [0.1, 0.15) is 11.5 Å². The van der Waals surface area contributed by atoms with Gasteiger partial charge in [-0.15, -0.1) is 0 Å². The van der Waals surface area contributed by atoms with E-state index in [0.29, 0.717) is 24.4 Å². The van der Waals surface area contributed by atoms with Gasteiger partial charge in [0.15, 0.2) is 0 Å². The number of furan rings is 1. The number of hydrogen-bond donors (Lipinski definition) is 1. The summed E-state index contributed by atoms with van der Waals surface area (Å²) in [5.74, 6) is 1.46. The highest BCUT2D eigenvalue weighted by Crippen LogP contribution is 2.18. The number of nitrogen functional groups attached to an aromatic ring is 1. The molecule has 1 heterocycles. The molecule has 2 aromatic rings. The Morgan fingerprint density at radius 2 is 1.90 bits per heavy atom. The predicted molar refractivity (Wildman–Crippen MR) is 84.1 cm³/mol. The van der Waals surface area contributed by atoms with Crippen LogP contribution in [0.3, 0.4) is 0 Å². The third kappa shape index (κ3) is 3.66. The first-order valence-corrected chi connectivity index (χ1v) is 7.22. The molecule has 0 saturated heterocycles. The molecule has 0 aliphatic carbocycles. The monoisotopic (exact) mass is 286 g/mol. The van der Waals surface area contributed by atoms with Gasteiger partial charge < -0.3 is 15.1 Å². The maximum absolute atomic E-state index is 12.7. The lowest BCUT2D eigenvalue weighted by molar-refractivity contribution is 0.0741. The fourth-order valence-electron chi connectivity index (χ4n) is 2.38. The van der Waals surface area contributed by atoms with Crippen molar-refractivity contribution in [2.24, 2.45) is 0 Å². The summed E-state index contributed by atoms with van der Waals surface area (Å²) in [6.07, 6.45) is 0.913. The number of nitrogens with zero attached hydrogens (tertiary/aromatic N) is 1. The predicted octanol–water partition coefficient (Wildman–Crippen LogP) is 3.53. The Balaban J connectivity index is 2.20.